The molecule has 2 aromatic heterocycles. The van der Waals surface area contributed by atoms with Crippen LogP contribution in [0, 0.1) is 0 Å². The molecule has 0 spiro atoms. The molecule has 0 radical (unpaired) electrons. The Bertz CT molecular complexity index is 1440. The van der Waals surface area contributed by atoms with Crippen molar-refractivity contribution in [3.8, 4) is 0 Å². The Hall–Kier alpha value is -3.39. The second kappa shape index (κ2) is 4.58. The molecule has 0 aliphatic rings. The third kappa shape index (κ3) is 1.66. The van der Waals surface area contributed by atoms with E-state index < -0.39 is 0 Å². The van der Waals surface area contributed by atoms with Gasteiger partial charge in [-0.25, -0.2) is 0 Å². The molecule has 6 aromatic rings. The molecule has 0 aliphatic heterocycles. The second-order valence-corrected chi connectivity index (χ2v) is 6.44. The lowest BCUT2D eigenvalue weighted by atomic mass is 9.93. The van der Waals surface area contributed by atoms with Crippen molar-refractivity contribution in [1.82, 2.24) is 4.98 Å². The van der Waals surface area contributed by atoms with E-state index in [1.807, 2.05) is 18.3 Å². The number of benzene rings is 4. The highest BCUT2D eigenvalue weighted by Crippen LogP contribution is 2.39. The van der Waals surface area contributed by atoms with Gasteiger partial charge in [0.2, 0.25) is 0 Å². The number of pyridine rings is 1. The molecule has 0 unspecified atom stereocenters. The zero-order valence-corrected chi connectivity index (χ0v) is 13.4. The van der Waals surface area contributed by atoms with Crippen molar-refractivity contribution in [2.24, 2.45) is 0 Å². The summed E-state index contributed by atoms with van der Waals surface area (Å²) in [5.74, 6) is 0. The van der Waals surface area contributed by atoms with E-state index >= 15 is 0 Å². The van der Waals surface area contributed by atoms with Crippen LogP contribution in [0.15, 0.2) is 83.4 Å². The molecule has 2 nitrogen and oxygen atoms in total. The molecule has 0 saturated carbocycles. The molecule has 4 aromatic carbocycles. The van der Waals surface area contributed by atoms with Crippen LogP contribution in [0.2, 0.25) is 0 Å². The number of aromatic nitrogens is 1. The smallest absolute Gasteiger partial charge is 0.153 e. The average Bonchev–Trinajstić information content (AvgIpc) is 3.04. The van der Waals surface area contributed by atoms with E-state index in [1.165, 1.54) is 32.3 Å². The van der Waals surface area contributed by atoms with E-state index in [1.54, 1.807) is 0 Å². The lowest BCUT2D eigenvalue weighted by Gasteiger charge is -2.10. The summed E-state index contributed by atoms with van der Waals surface area (Å²) in [4.78, 5) is 4.52. The van der Waals surface area contributed by atoms with Crippen molar-refractivity contribution in [1.29, 1.82) is 0 Å². The van der Waals surface area contributed by atoms with Gasteiger partial charge in [0.15, 0.2) is 5.58 Å². The van der Waals surface area contributed by atoms with E-state index in [0.29, 0.717) is 0 Å². The summed E-state index contributed by atoms with van der Waals surface area (Å²) in [7, 11) is 0. The van der Waals surface area contributed by atoms with Gasteiger partial charge in [0.05, 0.1) is 0 Å². The normalized spacial score (nSPS) is 12.0. The molecule has 2 heteroatoms. The lowest BCUT2D eigenvalue weighted by Crippen LogP contribution is -1.83. The SMILES string of the molecule is c1cnc2c(c1)oc1cc3c4ccccc4c4ccccc4c3cc12. The number of fused-ring (bicyclic) bond motifs is 9. The molecule has 0 fully saturated rings. The van der Waals surface area contributed by atoms with Crippen LogP contribution in [0.4, 0.5) is 0 Å². The van der Waals surface area contributed by atoms with Gasteiger partial charge in [-0.2, -0.15) is 0 Å². The average molecular weight is 319 g/mol. The molecule has 0 atom stereocenters. The molecular weight excluding hydrogens is 306 g/mol. The number of nitrogens with zero attached hydrogens (tertiary/aromatic N) is 1. The third-order valence-electron chi connectivity index (χ3n) is 5.09. The summed E-state index contributed by atoms with van der Waals surface area (Å²) >= 11 is 0. The van der Waals surface area contributed by atoms with E-state index in [0.717, 1.165) is 22.1 Å². The van der Waals surface area contributed by atoms with Crippen molar-refractivity contribution < 1.29 is 4.42 Å². The van der Waals surface area contributed by atoms with Crippen LogP contribution in [0.3, 0.4) is 0 Å². The first-order chi connectivity index (χ1) is 12.4. The Labute approximate surface area is 143 Å². The Morgan fingerprint density at radius 3 is 1.80 bits per heavy atom. The standard InChI is InChI=1S/C23H13NO/c1-3-8-16-14(6-1)15-7-2-4-9-17(15)19-13-22-20(12-18(16)19)23-21(25-22)10-5-11-24-23/h1-13H. The zero-order chi connectivity index (χ0) is 16.4. The van der Waals surface area contributed by atoms with Gasteiger partial charge in [-0.05, 0) is 56.6 Å². The van der Waals surface area contributed by atoms with Gasteiger partial charge in [0, 0.05) is 11.6 Å². The summed E-state index contributed by atoms with van der Waals surface area (Å²) in [6, 6.07) is 25.5. The largest absolute Gasteiger partial charge is 0.454 e. The Balaban J connectivity index is 1.96. The maximum Gasteiger partial charge on any atom is 0.153 e. The fraction of sp³-hybridized carbons (Fsp3) is 0. The minimum Gasteiger partial charge on any atom is -0.454 e. The van der Waals surface area contributed by atoms with Crippen LogP contribution >= 0.6 is 0 Å². The van der Waals surface area contributed by atoms with Crippen LogP contribution in [-0.2, 0) is 0 Å². The first kappa shape index (κ1) is 13.0. The summed E-state index contributed by atoms with van der Waals surface area (Å²) in [6.45, 7) is 0. The van der Waals surface area contributed by atoms with Gasteiger partial charge < -0.3 is 4.42 Å². The summed E-state index contributed by atoms with van der Waals surface area (Å²) in [6.07, 6.45) is 1.82. The van der Waals surface area contributed by atoms with Crippen molar-refractivity contribution in [3.05, 3.63) is 79.0 Å². The van der Waals surface area contributed by atoms with Crippen LogP contribution in [-0.4, -0.2) is 4.98 Å². The van der Waals surface area contributed by atoms with Crippen LogP contribution in [0.5, 0.6) is 0 Å². The summed E-state index contributed by atoms with van der Waals surface area (Å²) in [5.41, 5.74) is 2.65. The van der Waals surface area contributed by atoms with Gasteiger partial charge in [-0.1, -0.05) is 48.5 Å². The van der Waals surface area contributed by atoms with Gasteiger partial charge >= 0.3 is 0 Å². The number of furan rings is 1. The zero-order valence-electron chi connectivity index (χ0n) is 13.4. The Morgan fingerprint density at radius 1 is 0.520 bits per heavy atom. The summed E-state index contributed by atoms with van der Waals surface area (Å²) < 4.78 is 6.06. The highest BCUT2D eigenvalue weighted by molar-refractivity contribution is 6.27. The molecule has 0 amide bonds. The van der Waals surface area contributed by atoms with E-state index in [-0.39, 0.29) is 0 Å². The number of hydrogen-bond acceptors (Lipinski definition) is 2. The van der Waals surface area contributed by atoms with Gasteiger partial charge in [-0.3, -0.25) is 4.98 Å². The Morgan fingerprint density at radius 2 is 1.12 bits per heavy atom. The second-order valence-electron chi connectivity index (χ2n) is 6.44. The van der Waals surface area contributed by atoms with E-state index in [4.69, 9.17) is 4.42 Å². The number of hydrogen-bond donors (Lipinski definition) is 0. The van der Waals surface area contributed by atoms with E-state index in [9.17, 15) is 0 Å². The first-order valence-corrected chi connectivity index (χ1v) is 8.40. The van der Waals surface area contributed by atoms with Crippen molar-refractivity contribution >= 4 is 54.4 Å². The number of rotatable bonds is 0. The molecule has 6 rings (SSSR count). The molecule has 0 N–H and O–H groups in total. The molecule has 2 heterocycles. The predicted molar refractivity (Wildman–Crippen MR) is 104 cm³/mol. The highest BCUT2D eigenvalue weighted by atomic mass is 16.3. The fourth-order valence-corrected chi connectivity index (χ4v) is 3.99. The van der Waals surface area contributed by atoms with E-state index in [2.05, 4.69) is 65.6 Å². The molecule has 25 heavy (non-hydrogen) atoms. The maximum absolute atomic E-state index is 6.06. The third-order valence-corrected chi connectivity index (χ3v) is 5.09. The van der Waals surface area contributed by atoms with Crippen LogP contribution in [0.25, 0.3) is 54.4 Å². The minimum atomic E-state index is 0.835. The lowest BCUT2D eigenvalue weighted by molar-refractivity contribution is 0.668. The minimum absolute atomic E-state index is 0.835. The quantitative estimate of drug-likeness (QED) is 0.301. The molecule has 0 saturated heterocycles. The fourth-order valence-electron chi connectivity index (χ4n) is 3.99. The topological polar surface area (TPSA) is 26.0 Å². The van der Waals surface area contributed by atoms with Gasteiger partial charge in [0.25, 0.3) is 0 Å². The van der Waals surface area contributed by atoms with Gasteiger partial charge in [-0.15, -0.1) is 0 Å². The summed E-state index contributed by atoms with van der Waals surface area (Å²) in [5, 5.41) is 8.62. The first-order valence-electron chi connectivity index (χ1n) is 8.40. The van der Waals surface area contributed by atoms with Crippen molar-refractivity contribution in [2.45, 2.75) is 0 Å². The molecule has 0 bridgehead atoms. The van der Waals surface area contributed by atoms with Crippen LogP contribution in [0.1, 0.15) is 0 Å². The van der Waals surface area contributed by atoms with Crippen LogP contribution < -0.4 is 0 Å². The molecule has 0 aliphatic carbocycles. The highest BCUT2D eigenvalue weighted by Gasteiger charge is 2.13. The van der Waals surface area contributed by atoms with Crippen molar-refractivity contribution in [3.63, 3.8) is 0 Å². The Kier molecular flexibility index (Phi) is 2.37. The predicted octanol–water partition coefficient (Wildman–Crippen LogP) is 6.44. The van der Waals surface area contributed by atoms with Gasteiger partial charge in [0.1, 0.15) is 11.1 Å². The molecule has 116 valence electrons. The monoisotopic (exact) mass is 319 g/mol. The van der Waals surface area contributed by atoms with Crippen molar-refractivity contribution in [2.75, 3.05) is 0 Å². The maximum atomic E-state index is 6.06. The molecular formula is C23H13NO.